The van der Waals surface area contributed by atoms with Crippen molar-refractivity contribution in [2.45, 2.75) is 25.8 Å². The smallest absolute Gasteiger partial charge is 0.273 e. The van der Waals surface area contributed by atoms with Gasteiger partial charge in [0.2, 0.25) is 0 Å². The summed E-state index contributed by atoms with van der Waals surface area (Å²) in [5, 5.41) is 16.0. The van der Waals surface area contributed by atoms with Crippen LogP contribution in [-0.2, 0) is 6.42 Å². The molecule has 1 saturated heterocycles. The normalized spacial score (nSPS) is 21.4. The van der Waals surface area contributed by atoms with Crippen LogP contribution in [0.15, 0.2) is 29.3 Å². The Bertz CT molecular complexity index is 1140. The maximum atomic E-state index is 12.6. The Hall–Kier alpha value is -3.34. The van der Waals surface area contributed by atoms with E-state index in [4.69, 9.17) is 5.26 Å². The van der Waals surface area contributed by atoms with E-state index in [9.17, 15) is 4.79 Å². The van der Waals surface area contributed by atoms with Gasteiger partial charge in [-0.15, -0.1) is 0 Å². The Morgan fingerprint density at radius 3 is 2.96 bits per heavy atom. The lowest BCUT2D eigenvalue weighted by atomic mass is 9.93. The minimum atomic E-state index is -0.0852. The van der Waals surface area contributed by atoms with Crippen LogP contribution >= 0.6 is 0 Å². The minimum Gasteiger partial charge on any atom is -0.369 e. The van der Waals surface area contributed by atoms with Crippen LogP contribution in [0.5, 0.6) is 0 Å². The number of aromatic nitrogens is 4. The Balaban J connectivity index is 1.55. The van der Waals surface area contributed by atoms with Crippen LogP contribution in [0.25, 0.3) is 10.9 Å². The van der Waals surface area contributed by atoms with Crippen LogP contribution in [-0.4, -0.2) is 39.4 Å². The summed E-state index contributed by atoms with van der Waals surface area (Å²) >= 11 is 0. The van der Waals surface area contributed by atoms with Crippen molar-refractivity contribution in [1.29, 1.82) is 5.26 Å². The zero-order valence-electron chi connectivity index (χ0n) is 15.6. The van der Waals surface area contributed by atoms with Crippen LogP contribution in [0.3, 0.4) is 0 Å². The largest absolute Gasteiger partial charge is 0.369 e. The molecule has 5 heterocycles. The molecular formula is C20H21N7O. The average molecular weight is 375 g/mol. The van der Waals surface area contributed by atoms with Crippen molar-refractivity contribution in [1.82, 2.24) is 19.7 Å². The molecule has 0 bridgehead atoms. The topological polar surface area (TPSA) is 103 Å². The summed E-state index contributed by atoms with van der Waals surface area (Å²) < 4.78 is 2.06. The molecule has 0 amide bonds. The first-order valence-corrected chi connectivity index (χ1v) is 9.63. The molecule has 2 N–H and O–H groups in total. The summed E-state index contributed by atoms with van der Waals surface area (Å²) in [5.41, 5.74) is 2.57. The Morgan fingerprint density at radius 2 is 2.18 bits per heavy atom. The van der Waals surface area contributed by atoms with Crippen LogP contribution < -0.4 is 15.8 Å². The number of H-pyrrole nitrogens is 1. The maximum absolute atomic E-state index is 12.6. The SMILES string of the molecule is C[C@@H]1CCN(c2ccc(C#N)cn2)C[C@@H]1n1[nH]c(=O)c2cnc3c(c21)CCN3. The molecule has 2 aliphatic heterocycles. The first-order valence-electron chi connectivity index (χ1n) is 9.63. The van der Waals surface area contributed by atoms with Gasteiger partial charge in [0.15, 0.2) is 0 Å². The van der Waals surface area contributed by atoms with Gasteiger partial charge in [-0.2, -0.15) is 5.26 Å². The standard InChI is InChI=1S/C20H21N7O/c1-12-5-7-26(17-3-2-13(8-21)9-23-17)11-16(12)27-18-14-4-6-22-19(14)24-10-15(18)20(28)25-27/h2-3,9-10,12,16H,4-7,11H2,1H3,(H,22,24)(H,25,28)/t12-,16+/m1/s1. The molecule has 0 unspecified atom stereocenters. The lowest BCUT2D eigenvalue weighted by Gasteiger charge is -2.38. The molecule has 2 atom stereocenters. The second kappa shape index (κ2) is 6.37. The maximum Gasteiger partial charge on any atom is 0.273 e. The second-order valence-corrected chi connectivity index (χ2v) is 7.63. The molecule has 142 valence electrons. The Kier molecular flexibility index (Phi) is 3.83. The van der Waals surface area contributed by atoms with Crippen molar-refractivity contribution in [3.63, 3.8) is 0 Å². The van der Waals surface area contributed by atoms with Gasteiger partial charge >= 0.3 is 0 Å². The fourth-order valence-electron chi connectivity index (χ4n) is 4.39. The molecule has 1 fully saturated rings. The highest BCUT2D eigenvalue weighted by atomic mass is 16.1. The molecule has 0 spiro atoms. The molecule has 5 rings (SSSR count). The van der Waals surface area contributed by atoms with Crippen LogP contribution in [0.4, 0.5) is 11.6 Å². The van der Waals surface area contributed by atoms with E-state index < -0.39 is 0 Å². The Morgan fingerprint density at radius 1 is 1.29 bits per heavy atom. The van der Waals surface area contributed by atoms with Crippen LogP contribution in [0.1, 0.15) is 30.5 Å². The molecule has 0 saturated carbocycles. The van der Waals surface area contributed by atoms with Gasteiger partial charge in [0, 0.05) is 37.6 Å². The van der Waals surface area contributed by atoms with Crippen LogP contribution in [0, 0.1) is 17.2 Å². The molecule has 28 heavy (non-hydrogen) atoms. The number of pyridine rings is 2. The summed E-state index contributed by atoms with van der Waals surface area (Å²) in [4.78, 5) is 23.7. The summed E-state index contributed by atoms with van der Waals surface area (Å²) in [6, 6.07) is 5.93. The van der Waals surface area contributed by atoms with Gasteiger partial charge in [-0.25, -0.2) is 9.97 Å². The molecule has 2 aliphatic rings. The number of nitrogens with zero attached hydrogens (tertiary/aromatic N) is 5. The summed E-state index contributed by atoms with van der Waals surface area (Å²) in [7, 11) is 0. The van der Waals surface area contributed by atoms with Crippen molar-refractivity contribution in [3.8, 4) is 6.07 Å². The van der Waals surface area contributed by atoms with Gasteiger partial charge in [-0.1, -0.05) is 6.92 Å². The van der Waals surface area contributed by atoms with E-state index >= 15 is 0 Å². The van der Waals surface area contributed by atoms with Gasteiger partial charge in [-0.3, -0.25) is 14.6 Å². The minimum absolute atomic E-state index is 0.0852. The van der Waals surface area contributed by atoms with Crippen LogP contribution in [0.2, 0.25) is 0 Å². The number of rotatable bonds is 2. The van der Waals surface area contributed by atoms with E-state index in [1.165, 1.54) is 0 Å². The van der Waals surface area contributed by atoms with E-state index in [-0.39, 0.29) is 11.6 Å². The van der Waals surface area contributed by atoms with Crippen molar-refractivity contribution < 1.29 is 0 Å². The third-order valence-electron chi connectivity index (χ3n) is 5.98. The number of fused-ring (bicyclic) bond motifs is 3. The average Bonchev–Trinajstić information content (AvgIpc) is 3.33. The van der Waals surface area contributed by atoms with Gasteiger partial charge in [0.25, 0.3) is 5.56 Å². The number of aromatic amines is 1. The lowest BCUT2D eigenvalue weighted by Crippen LogP contribution is -2.41. The molecule has 8 nitrogen and oxygen atoms in total. The zero-order valence-corrected chi connectivity index (χ0v) is 15.6. The van der Waals surface area contributed by atoms with Gasteiger partial charge in [0.1, 0.15) is 17.7 Å². The number of anilines is 2. The van der Waals surface area contributed by atoms with E-state index in [2.05, 4.69) is 43.0 Å². The molecule has 3 aromatic rings. The lowest BCUT2D eigenvalue weighted by molar-refractivity contribution is 0.284. The number of nitriles is 1. The number of hydrogen-bond acceptors (Lipinski definition) is 6. The predicted molar refractivity (Wildman–Crippen MR) is 107 cm³/mol. The molecule has 3 aromatic heterocycles. The third kappa shape index (κ3) is 2.54. The van der Waals surface area contributed by atoms with E-state index in [0.29, 0.717) is 16.9 Å². The quantitative estimate of drug-likeness (QED) is 0.711. The highest BCUT2D eigenvalue weighted by Gasteiger charge is 2.31. The molecule has 0 aliphatic carbocycles. The number of piperidine rings is 1. The zero-order chi connectivity index (χ0) is 19.3. The summed E-state index contributed by atoms with van der Waals surface area (Å²) in [6.45, 7) is 4.74. The Labute approximate surface area is 161 Å². The highest BCUT2D eigenvalue weighted by Crippen LogP contribution is 2.34. The third-order valence-corrected chi connectivity index (χ3v) is 5.98. The second-order valence-electron chi connectivity index (χ2n) is 7.63. The monoisotopic (exact) mass is 375 g/mol. The van der Waals surface area contributed by atoms with Gasteiger partial charge in [-0.05, 0) is 30.9 Å². The number of nitrogens with one attached hydrogen (secondary N) is 2. The predicted octanol–water partition coefficient (Wildman–Crippen LogP) is 2.05. The number of hydrogen-bond donors (Lipinski definition) is 2. The first kappa shape index (κ1) is 16.8. The van der Waals surface area contributed by atoms with Crippen molar-refractivity contribution in [3.05, 3.63) is 46.0 Å². The highest BCUT2D eigenvalue weighted by molar-refractivity contribution is 5.86. The van der Waals surface area contributed by atoms with Gasteiger partial charge < -0.3 is 10.2 Å². The van der Waals surface area contributed by atoms with Gasteiger partial charge in [0.05, 0.1) is 22.5 Å². The van der Waals surface area contributed by atoms with Crippen molar-refractivity contribution in [2.75, 3.05) is 29.9 Å². The van der Waals surface area contributed by atoms with Crippen molar-refractivity contribution in [2.24, 2.45) is 5.92 Å². The van der Waals surface area contributed by atoms with E-state index in [0.717, 1.165) is 55.2 Å². The fraction of sp³-hybridized carbons (Fsp3) is 0.400. The molecular weight excluding hydrogens is 354 g/mol. The first-order chi connectivity index (χ1) is 13.7. The van der Waals surface area contributed by atoms with E-state index in [1.54, 1.807) is 18.5 Å². The molecule has 8 heteroatoms. The summed E-state index contributed by atoms with van der Waals surface area (Å²) in [6.07, 6.45) is 5.16. The molecule has 0 radical (unpaired) electrons. The fourth-order valence-corrected chi connectivity index (χ4v) is 4.39. The summed E-state index contributed by atoms with van der Waals surface area (Å²) in [5.74, 6) is 2.16. The van der Waals surface area contributed by atoms with Crippen molar-refractivity contribution >= 4 is 22.5 Å². The van der Waals surface area contributed by atoms with E-state index in [1.807, 2.05) is 6.07 Å². The molecule has 0 aromatic carbocycles.